The predicted octanol–water partition coefficient (Wildman–Crippen LogP) is 2.70. The second kappa shape index (κ2) is 7.14. The van der Waals surface area contributed by atoms with E-state index in [1.807, 2.05) is 0 Å². The molecule has 0 amide bonds. The van der Waals surface area contributed by atoms with Crippen LogP contribution in [-0.4, -0.2) is 32.0 Å². The summed E-state index contributed by atoms with van der Waals surface area (Å²) in [6.45, 7) is 0.311. The first-order valence-corrected chi connectivity index (χ1v) is 5.97. The van der Waals surface area contributed by atoms with Crippen LogP contribution in [0.15, 0.2) is 18.2 Å². The fourth-order valence-electron chi connectivity index (χ4n) is 1.51. The molecular weight excluding hydrogens is 275 g/mol. The van der Waals surface area contributed by atoms with Gasteiger partial charge in [-0.3, -0.25) is 0 Å². The van der Waals surface area contributed by atoms with Crippen molar-refractivity contribution in [2.45, 2.75) is 19.5 Å². The zero-order chi connectivity index (χ0) is 15.2. The number of aryl methyl sites for hydroxylation is 1. The number of carbonyl (C=O) groups excluding carboxylic acids is 1. The van der Waals surface area contributed by atoms with Crippen LogP contribution in [0.1, 0.15) is 22.3 Å². The van der Waals surface area contributed by atoms with E-state index in [1.54, 1.807) is 25.1 Å². The molecule has 4 nitrogen and oxygen atoms in total. The molecular formula is C13H16F3NO3. The Kier molecular flexibility index (Phi) is 5.82. The van der Waals surface area contributed by atoms with Crippen molar-refractivity contribution >= 4 is 11.7 Å². The van der Waals surface area contributed by atoms with Gasteiger partial charge in [0.05, 0.1) is 18.8 Å². The molecule has 0 heterocycles. The van der Waals surface area contributed by atoms with E-state index in [0.717, 1.165) is 0 Å². The molecule has 0 aromatic heterocycles. The monoisotopic (exact) mass is 291 g/mol. The summed E-state index contributed by atoms with van der Waals surface area (Å²) >= 11 is 0. The molecule has 20 heavy (non-hydrogen) atoms. The number of anilines is 1. The molecule has 0 spiro atoms. The van der Waals surface area contributed by atoms with Gasteiger partial charge in [-0.1, -0.05) is 0 Å². The minimum atomic E-state index is -4.34. The average Bonchev–Trinajstić information content (AvgIpc) is 2.32. The second-order valence-corrected chi connectivity index (χ2v) is 4.23. The van der Waals surface area contributed by atoms with E-state index in [9.17, 15) is 18.0 Å². The first kappa shape index (κ1) is 16.3. The van der Waals surface area contributed by atoms with E-state index in [0.29, 0.717) is 16.8 Å². The SMILES string of the molecule is Cc1cc(N)ccc1C(=O)OCCCOCC(F)(F)F. The zero-order valence-corrected chi connectivity index (χ0v) is 11.0. The van der Waals surface area contributed by atoms with Gasteiger partial charge < -0.3 is 15.2 Å². The highest BCUT2D eigenvalue weighted by molar-refractivity contribution is 5.91. The van der Waals surface area contributed by atoms with Crippen LogP contribution in [0.5, 0.6) is 0 Å². The van der Waals surface area contributed by atoms with Crippen molar-refractivity contribution in [2.75, 3.05) is 25.6 Å². The van der Waals surface area contributed by atoms with Crippen molar-refractivity contribution in [3.05, 3.63) is 29.3 Å². The van der Waals surface area contributed by atoms with Gasteiger partial charge in [0, 0.05) is 12.1 Å². The van der Waals surface area contributed by atoms with Gasteiger partial charge in [0.2, 0.25) is 0 Å². The summed E-state index contributed by atoms with van der Waals surface area (Å²) in [5.74, 6) is -0.529. The smallest absolute Gasteiger partial charge is 0.411 e. The second-order valence-electron chi connectivity index (χ2n) is 4.23. The molecule has 1 rings (SSSR count). The number of carbonyl (C=O) groups is 1. The molecule has 0 atom stereocenters. The number of esters is 1. The number of hydrogen-bond acceptors (Lipinski definition) is 4. The van der Waals surface area contributed by atoms with Crippen LogP contribution in [0.4, 0.5) is 18.9 Å². The van der Waals surface area contributed by atoms with E-state index >= 15 is 0 Å². The van der Waals surface area contributed by atoms with Gasteiger partial charge >= 0.3 is 12.1 Å². The first-order chi connectivity index (χ1) is 9.29. The highest BCUT2D eigenvalue weighted by Crippen LogP contribution is 2.15. The van der Waals surface area contributed by atoms with E-state index in [4.69, 9.17) is 10.5 Å². The van der Waals surface area contributed by atoms with Crippen LogP contribution in [-0.2, 0) is 9.47 Å². The third-order valence-electron chi connectivity index (χ3n) is 2.40. The Hall–Kier alpha value is -1.76. The maximum atomic E-state index is 11.8. The van der Waals surface area contributed by atoms with Crippen LogP contribution >= 0.6 is 0 Å². The Morgan fingerprint density at radius 3 is 2.60 bits per heavy atom. The number of nitrogens with two attached hydrogens (primary N) is 1. The number of rotatable bonds is 6. The van der Waals surface area contributed by atoms with Crippen LogP contribution < -0.4 is 5.73 Å². The number of benzene rings is 1. The minimum Gasteiger partial charge on any atom is -0.462 e. The predicted molar refractivity (Wildman–Crippen MR) is 67.4 cm³/mol. The Bertz CT molecular complexity index is 461. The zero-order valence-electron chi connectivity index (χ0n) is 11.0. The molecule has 112 valence electrons. The molecule has 0 fully saturated rings. The number of ether oxygens (including phenoxy) is 2. The van der Waals surface area contributed by atoms with Gasteiger partial charge in [-0.15, -0.1) is 0 Å². The fourth-order valence-corrected chi connectivity index (χ4v) is 1.51. The lowest BCUT2D eigenvalue weighted by Crippen LogP contribution is -2.18. The Morgan fingerprint density at radius 2 is 2.00 bits per heavy atom. The molecule has 0 aliphatic heterocycles. The standard InChI is InChI=1S/C13H16F3NO3/c1-9-7-10(17)3-4-11(9)12(18)20-6-2-5-19-8-13(14,15)16/h3-4,7H,2,5-6,8,17H2,1H3. The highest BCUT2D eigenvalue weighted by atomic mass is 19.4. The number of nitrogen functional groups attached to an aromatic ring is 1. The normalized spacial score (nSPS) is 11.4. The highest BCUT2D eigenvalue weighted by Gasteiger charge is 2.27. The topological polar surface area (TPSA) is 61.6 Å². The maximum absolute atomic E-state index is 11.8. The van der Waals surface area contributed by atoms with Crippen molar-refractivity contribution in [1.82, 2.24) is 0 Å². The van der Waals surface area contributed by atoms with Crippen molar-refractivity contribution in [3.8, 4) is 0 Å². The van der Waals surface area contributed by atoms with Gasteiger partial charge in [0.15, 0.2) is 0 Å². The third kappa shape index (κ3) is 5.92. The van der Waals surface area contributed by atoms with Crippen molar-refractivity contribution in [3.63, 3.8) is 0 Å². The summed E-state index contributed by atoms with van der Waals surface area (Å²) in [5.41, 5.74) is 7.17. The van der Waals surface area contributed by atoms with Gasteiger partial charge in [-0.25, -0.2) is 4.79 Å². The van der Waals surface area contributed by atoms with Crippen molar-refractivity contribution in [1.29, 1.82) is 0 Å². The molecule has 0 radical (unpaired) electrons. The molecule has 1 aromatic carbocycles. The first-order valence-electron chi connectivity index (χ1n) is 5.97. The quantitative estimate of drug-likeness (QED) is 0.497. The number of alkyl halides is 3. The largest absolute Gasteiger partial charge is 0.462 e. The van der Waals surface area contributed by atoms with Gasteiger partial charge in [-0.05, 0) is 30.7 Å². The van der Waals surface area contributed by atoms with E-state index in [-0.39, 0.29) is 19.6 Å². The molecule has 0 aliphatic carbocycles. The third-order valence-corrected chi connectivity index (χ3v) is 2.40. The molecule has 0 saturated carbocycles. The Balaban J connectivity index is 2.27. The summed E-state index contributed by atoms with van der Waals surface area (Å²) < 4.78 is 44.6. The van der Waals surface area contributed by atoms with Gasteiger partial charge in [-0.2, -0.15) is 13.2 Å². The lowest BCUT2D eigenvalue weighted by Gasteiger charge is -2.09. The Morgan fingerprint density at radius 1 is 1.30 bits per heavy atom. The van der Waals surface area contributed by atoms with E-state index < -0.39 is 18.8 Å². The van der Waals surface area contributed by atoms with Crippen LogP contribution in [0.2, 0.25) is 0 Å². The molecule has 7 heteroatoms. The summed E-state index contributed by atoms with van der Waals surface area (Å²) in [6.07, 6.45) is -4.13. The summed E-state index contributed by atoms with van der Waals surface area (Å²) in [5, 5.41) is 0. The summed E-state index contributed by atoms with van der Waals surface area (Å²) in [6, 6.07) is 4.77. The van der Waals surface area contributed by atoms with Crippen LogP contribution in [0, 0.1) is 6.92 Å². The number of halogens is 3. The molecule has 0 saturated heterocycles. The van der Waals surface area contributed by atoms with Crippen LogP contribution in [0.25, 0.3) is 0 Å². The van der Waals surface area contributed by atoms with Crippen molar-refractivity contribution < 1.29 is 27.4 Å². The maximum Gasteiger partial charge on any atom is 0.411 e. The molecule has 0 aliphatic rings. The summed E-state index contributed by atoms with van der Waals surface area (Å²) in [4.78, 5) is 11.7. The average molecular weight is 291 g/mol. The fraction of sp³-hybridized carbons (Fsp3) is 0.462. The van der Waals surface area contributed by atoms with E-state index in [1.165, 1.54) is 0 Å². The number of hydrogen-bond donors (Lipinski definition) is 1. The minimum absolute atomic E-state index is 0.000503. The van der Waals surface area contributed by atoms with Gasteiger partial charge in [0.25, 0.3) is 0 Å². The Labute approximate surface area is 114 Å². The molecule has 0 unspecified atom stereocenters. The van der Waals surface area contributed by atoms with Gasteiger partial charge in [0.1, 0.15) is 6.61 Å². The molecule has 2 N–H and O–H groups in total. The lowest BCUT2D eigenvalue weighted by molar-refractivity contribution is -0.174. The lowest BCUT2D eigenvalue weighted by atomic mass is 10.1. The van der Waals surface area contributed by atoms with Crippen molar-refractivity contribution in [2.24, 2.45) is 0 Å². The van der Waals surface area contributed by atoms with E-state index in [2.05, 4.69) is 4.74 Å². The summed E-state index contributed by atoms with van der Waals surface area (Å²) in [7, 11) is 0. The molecule has 0 bridgehead atoms. The molecule has 1 aromatic rings. The van der Waals surface area contributed by atoms with Crippen LogP contribution in [0.3, 0.4) is 0 Å².